The van der Waals surface area contributed by atoms with Crippen LogP contribution in [-0.4, -0.2) is 52.3 Å². The van der Waals surface area contributed by atoms with E-state index in [1.54, 1.807) is 0 Å². The summed E-state index contributed by atoms with van der Waals surface area (Å²) in [7, 11) is -1.39. The molecule has 0 aromatic carbocycles. The van der Waals surface area contributed by atoms with Crippen LogP contribution in [0.3, 0.4) is 0 Å². The minimum absolute atomic E-state index is 0. The number of hydrogen-bond acceptors (Lipinski definition) is 6. The van der Waals surface area contributed by atoms with Crippen molar-refractivity contribution in [3.8, 4) is 0 Å². The lowest BCUT2D eigenvalue weighted by Gasteiger charge is -2.41. The van der Waals surface area contributed by atoms with Gasteiger partial charge >= 0.3 is 13.1 Å². The molecule has 0 radical (unpaired) electrons. The fraction of sp³-hybridized carbons (Fsp3) is 0.882. The number of carboxylic acids is 1. The first kappa shape index (κ1) is 27.4. The number of hydrogen-bond donors (Lipinski definition) is 6. The molecule has 0 saturated heterocycles. The van der Waals surface area contributed by atoms with Gasteiger partial charge in [0.1, 0.15) is 5.54 Å². The molecule has 28 heavy (non-hydrogen) atoms. The van der Waals surface area contributed by atoms with E-state index in [2.05, 4.69) is 5.32 Å². The summed E-state index contributed by atoms with van der Waals surface area (Å²) in [5, 5.41) is 30.5. The molecule has 2 fully saturated rings. The number of aliphatic carboxylic acids is 1. The third kappa shape index (κ3) is 7.04. The Kier molecular flexibility index (Phi) is 11.9. The molecule has 0 spiro atoms. The maximum atomic E-state index is 12.3. The number of carbonyl (C=O) groups excluding carboxylic acids is 1. The van der Waals surface area contributed by atoms with Crippen molar-refractivity contribution in [3.05, 3.63) is 0 Å². The lowest BCUT2D eigenvalue weighted by atomic mass is 9.66. The average molecular weight is 442 g/mol. The van der Waals surface area contributed by atoms with Gasteiger partial charge in [-0.3, -0.25) is 9.59 Å². The van der Waals surface area contributed by atoms with E-state index in [4.69, 9.17) is 21.5 Å². The largest absolute Gasteiger partial charge is 0.480 e. The molecule has 8 nitrogen and oxygen atoms in total. The van der Waals surface area contributed by atoms with Gasteiger partial charge in [-0.15, -0.1) is 24.8 Å². The van der Waals surface area contributed by atoms with E-state index < -0.39 is 24.7 Å². The molecule has 2 saturated carbocycles. The van der Waals surface area contributed by atoms with Crippen LogP contribution in [0.25, 0.3) is 0 Å². The van der Waals surface area contributed by atoms with E-state index in [-0.39, 0.29) is 67.8 Å². The highest BCUT2D eigenvalue weighted by Crippen LogP contribution is 2.38. The molecule has 2 aliphatic rings. The molecule has 0 unspecified atom stereocenters. The topological polar surface area (TPSA) is 159 Å². The van der Waals surface area contributed by atoms with Crippen molar-refractivity contribution < 1.29 is 24.7 Å². The molecule has 8 N–H and O–H groups in total. The Morgan fingerprint density at radius 2 is 1.75 bits per heavy atom. The zero-order valence-electron chi connectivity index (χ0n) is 16.1. The first-order valence-electron chi connectivity index (χ1n) is 9.65. The van der Waals surface area contributed by atoms with Crippen LogP contribution in [0.4, 0.5) is 0 Å². The molecule has 4 atom stereocenters. The van der Waals surface area contributed by atoms with Gasteiger partial charge in [-0.2, -0.15) is 0 Å². The van der Waals surface area contributed by atoms with Crippen molar-refractivity contribution in [2.75, 3.05) is 6.54 Å². The molecule has 0 aromatic heterocycles. The lowest BCUT2D eigenvalue weighted by molar-refractivity contribution is -0.148. The Labute approximate surface area is 179 Å². The summed E-state index contributed by atoms with van der Waals surface area (Å²) in [6.07, 6.45) is 6.46. The van der Waals surface area contributed by atoms with Crippen molar-refractivity contribution in [2.45, 2.75) is 69.3 Å². The van der Waals surface area contributed by atoms with Crippen molar-refractivity contribution in [3.63, 3.8) is 0 Å². The summed E-state index contributed by atoms with van der Waals surface area (Å²) in [5.74, 6) is -1.43. The summed E-state index contributed by atoms with van der Waals surface area (Å²) >= 11 is 0. The second-order valence-corrected chi connectivity index (χ2v) is 8.06. The van der Waals surface area contributed by atoms with E-state index in [0.29, 0.717) is 12.8 Å². The zero-order chi connectivity index (χ0) is 19.3. The van der Waals surface area contributed by atoms with Crippen LogP contribution in [0.1, 0.15) is 51.4 Å². The quantitative estimate of drug-likeness (QED) is 0.299. The number of halogens is 2. The Hall–Kier alpha value is -0.575. The molecule has 11 heteroatoms. The van der Waals surface area contributed by atoms with E-state index >= 15 is 0 Å². The van der Waals surface area contributed by atoms with Crippen LogP contribution in [0.15, 0.2) is 0 Å². The number of amides is 1. The van der Waals surface area contributed by atoms with E-state index in [9.17, 15) is 14.7 Å². The van der Waals surface area contributed by atoms with Crippen molar-refractivity contribution in [1.29, 1.82) is 0 Å². The third-order valence-corrected chi connectivity index (χ3v) is 6.24. The smallest absolute Gasteiger partial charge is 0.451 e. The van der Waals surface area contributed by atoms with E-state index in [0.717, 1.165) is 32.1 Å². The molecular formula is C17H34BCl2N3O5. The normalized spacial score (nSPS) is 28.6. The van der Waals surface area contributed by atoms with Gasteiger partial charge in [-0.1, -0.05) is 19.3 Å². The molecule has 0 bridgehead atoms. The molecule has 0 heterocycles. The van der Waals surface area contributed by atoms with E-state index in [1.807, 2.05) is 0 Å². The fourth-order valence-corrected chi connectivity index (χ4v) is 4.49. The van der Waals surface area contributed by atoms with Gasteiger partial charge in [0.25, 0.3) is 0 Å². The lowest BCUT2D eigenvalue weighted by Crippen LogP contribution is -2.60. The highest BCUT2D eigenvalue weighted by atomic mass is 35.5. The highest BCUT2D eigenvalue weighted by molar-refractivity contribution is 6.40. The second kappa shape index (κ2) is 12.2. The Morgan fingerprint density at radius 1 is 1.14 bits per heavy atom. The standard InChI is InChI=1S/C17H32BN3O5.2ClH/c19-14(12-3-1-2-4-12)15(22)21-10-13-6-5-11(7-8-18(25)26)9-17(13,20)16(23)24;;/h11-14,25-26H,1-10,19-20H2,(H,21,22)(H,23,24);2*1H/t11-,13-,14-,17+;;/m0../s1. The predicted molar refractivity (Wildman–Crippen MR) is 112 cm³/mol. The van der Waals surface area contributed by atoms with Gasteiger partial charge in [-0.25, -0.2) is 0 Å². The molecule has 0 aliphatic heterocycles. The summed E-state index contributed by atoms with van der Waals surface area (Å²) in [6, 6.07) is -0.545. The van der Waals surface area contributed by atoms with Gasteiger partial charge < -0.3 is 31.9 Å². The maximum absolute atomic E-state index is 12.3. The summed E-state index contributed by atoms with van der Waals surface area (Å²) in [5.41, 5.74) is 10.8. The van der Waals surface area contributed by atoms with Crippen LogP contribution >= 0.6 is 24.8 Å². The van der Waals surface area contributed by atoms with Gasteiger partial charge in [0.2, 0.25) is 5.91 Å². The number of nitrogens with two attached hydrogens (primary N) is 2. The van der Waals surface area contributed by atoms with Crippen LogP contribution in [0, 0.1) is 17.8 Å². The molecule has 0 aromatic rings. The minimum Gasteiger partial charge on any atom is -0.480 e. The average Bonchev–Trinajstić information content (AvgIpc) is 3.12. The molecule has 2 aliphatic carbocycles. The monoisotopic (exact) mass is 441 g/mol. The van der Waals surface area contributed by atoms with Crippen LogP contribution in [0.5, 0.6) is 0 Å². The summed E-state index contributed by atoms with van der Waals surface area (Å²) in [6.45, 7) is 0.206. The number of carbonyl (C=O) groups is 2. The highest BCUT2D eigenvalue weighted by Gasteiger charge is 2.47. The Bertz CT molecular complexity index is 511. The van der Waals surface area contributed by atoms with Crippen LogP contribution in [-0.2, 0) is 9.59 Å². The number of rotatable bonds is 8. The fourth-order valence-electron chi connectivity index (χ4n) is 4.49. The third-order valence-electron chi connectivity index (χ3n) is 6.24. The molecule has 2 rings (SSSR count). The van der Waals surface area contributed by atoms with Crippen LogP contribution < -0.4 is 16.8 Å². The SMILES string of the molecule is Cl.Cl.N[C@H](C(=O)NC[C@@H]1CC[C@@H](CCB(O)O)C[C@]1(N)C(=O)O)C1CCCC1. The van der Waals surface area contributed by atoms with Crippen molar-refractivity contribution in [2.24, 2.45) is 29.2 Å². The Balaban J connectivity index is 0.00000364. The van der Waals surface area contributed by atoms with Gasteiger partial charge in [0.05, 0.1) is 6.04 Å². The maximum Gasteiger partial charge on any atom is 0.451 e. The van der Waals surface area contributed by atoms with Gasteiger partial charge in [0, 0.05) is 12.5 Å². The summed E-state index contributed by atoms with van der Waals surface area (Å²) in [4.78, 5) is 24.1. The zero-order valence-corrected chi connectivity index (χ0v) is 17.7. The van der Waals surface area contributed by atoms with Crippen molar-refractivity contribution in [1.82, 2.24) is 5.32 Å². The first-order valence-corrected chi connectivity index (χ1v) is 9.65. The molecule has 1 amide bonds. The molecule has 164 valence electrons. The minimum atomic E-state index is -1.42. The van der Waals surface area contributed by atoms with Gasteiger partial charge in [0.15, 0.2) is 0 Å². The molecular weight excluding hydrogens is 408 g/mol. The Morgan fingerprint density at radius 3 is 2.29 bits per heavy atom. The van der Waals surface area contributed by atoms with Gasteiger partial charge in [-0.05, 0) is 50.3 Å². The van der Waals surface area contributed by atoms with Crippen LogP contribution in [0.2, 0.25) is 6.32 Å². The number of nitrogens with one attached hydrogen (secondary N) is 1. The number of carboxylic acid groups (broad SMARTS) is 1. The first-order chi connectivity index (χ1) is 12.2. The summed E-state index contributed by atoms with van der Waals surface area (Å²) < 4.78 is 0. The van der Waals surface area contributed by atoms with Crippen molar-refractivity contribution >= 4 is 43.8 Å². The second-order valence-electron chi connectivity index (χ2n) is 8.06. The van der Waals surface area contributed by atoms with E-state index in [1.165, 1.54) is 0 Å². The predicted octanol–water partition coefficient (Wildman–Crippen LogP) is 0.525.